The molecule has 3 rings (SSSR count). The maximum atomic E-state index is 12.9. The van der Waals surface area contributed by atoms with Gasteiger partial charge in [0.2, 0.25) is 5.91 Å². The number of aliphatic imine (C=N–C) groups is 1. The molecule has 154 valence electrons. The minimum absolute atomic E-state index is 0.0555. The van der Waals surface area contributed by atoms with E-state index < -0.39 is 0 Å². The average Bonchev–Trinajstić information content (AvgIpc) is 3.02. The molecule has 0 saturated carbocycles. The van der Waals surface area contributed by atoms with Crippen LogP contribution in [0.5, 0.6) is 0 Å². The number of nitrogens with one attached hydrogen (secondary N) is 1. The van der Waals surface area contributed by atoms with Crippen molar-refractivity contribution >= 4 is 28.8 Å². The molecule has 2 heterocycles. The summed E-state index contributed by atoms with van der Waals surface area (Å²) in [7, 11) is 0. The lowest BCUT2D eigenvalue weighted by Gasteiger charge is -2.36. The van der Waals surface area contributed by atoms with Crippen LogP contribution in [0.4, 0.5) is 0 Å². The number of esters is 1. The van der Waals surface area contributed by atoms with E-state index in [1.807, 2.05) is 56.2 Å². The molecule has 0 aliphatic carbocycles. The van der Waals surface area contributed by atoms with E-state index in [-0.39, 0.29) is 30.4 Å². The number of hydrogen-bond acceptors (Lipinski definition) is 6. The zero-order chi connectivity index (χ0) is 21.1. The van der Waals surface area contributed by atoms with Crippen molar-refractivity contribution in [1.29, 1.82) is 0 Å². The molecule has 1 amide bonds. The van der Waals surface area contributed by atoms with Crippen LogP contribution >= 0.6 is 11.8 Å². The molecule has 7 heteroatoms. The van der Waals surface area contributed by atoms with Crippen molar-refractivity contribution in [2.24, 2.45) is 4.99 Å². The normalized spacial score (nSPS) is 18.4. The molecule has 0 radical (unpaired) electrons. The fourth-order valence-corrected chi connectivity index (χ4v) is 4.50. The first-order valence-corrected chi connectivity index (χ1v) is 10.7. The van der Waals surface area contributed by atoms with Crippen LogP contribution in [0.25, 0.3) is 0 Å². The summed E-state index contributed by atoms with van der Waals surface area (Å²) in [6.45, 7) is 9.81. The number of hydrogen-bond donors (Lipinski definition) is 1. The summed E-state index contributed by atoms with van der Waals surface area (Å²) in [4.78, 5) is 31.9. The summed E-state index contributed by atoms with van der Waals surface area (Å²) >= 11 is 1.48. The van der Waals surface area contributed by atoms with Gasteiger partial charge in [0.05, 0.1) is 30.3 Å². The number of carbonyl (C=O) groups is 2. The molecule has 1 unspecified atom stereocenters. The number of ether oxygens (including phenoxy) is 1. The molecule has 1 N–H and O–H groups in total. The van der Waals surface area contributed by atoms with Gasteiger partial charge in [0, 0.05) is 11.7 Å². The maximum Gasteiger partial charge on any atom is 0.338 e. The minimum Gasteiger partial charge on any atom is -0.463 e. The molecule has 1 aromatic carbocycles. The third-order valence-electron chi connectivity index (χ3n) is 4.65. The molecule has 29 heavy (non-hydrogen) atoms. The summed E-state index contributed by atoms with van der Waals surface area (Å²) in [6.07, 6.45) is 0.224. The molecule has 2 aliphatic rings. The monoisotopic (exact) mass is 413 g/mol. The van der Waals surface area contributed by atoms with E-state index in [1.54, 1.807) is 6.92 Å². The maximum absolute atomic E-state index is 12.9. The Balaban J connectivity index is 2.04. The first-order chi connectivity index (χ1) is 13.8. The molecular weight excluding hydrogens is 386 g/mol. The topological polar surface area (TPSA) is 71.0 Å². The van der Waals surface area contributed by atoms with Gasteiger partial charge in [-0.2, -0.15) is 0 Å². The molecule has 0 saturated heterocycles. The highest BCUT2D eigenvalue weighted by atomic mass is 32.2. The SMILES string of the molecule is CCOC(=O)C1=C(C)N=C2SC=C(CC(=O)NC(C)C)N2C1c1cccc(C)c1. The van der Waals surface area contributed by atoms with Crippen molar-refractivity contribution < 1.29 is 14.3 Å². The largest absolute Gasteiger partial charge is 0.463 e. The van der Waals surface area contributed by atoms with E-state index in [0.29, 0.717) is 17.9 Å². The van der Waals surface area contributed by atoms with Gasteiger partial charge in [-0.3, -0.25) is 4.79 Å². The van der Waals surface area contributed by atoms with Gasteiger partial charge < -0.3 is 15.0 Å². The minimum atomic E-state index is -0.380. The molecule has 2 aliphatic heterocycles. The predicted octanol–water partition coefficient (Wildman–Crippen LogP) is 4.05. The number of benzene rings is 1. The molecule has 0 aromatic heterocycles. The highest BCUT2D eigenvalue weighted by Gasteiger charge is 2.41. The number of nitrogens with zero attached hydrogens (tertiary/aromatic N) is 2. The van der Waals surface area contributed by atoms with Crippen molar-refractivity contribution in [3.05, 3.63) is 57.8 Å². The van der Waals surface area contributed by atoms with Gasteiger partial charge in [0.1, 0.15) is 0 Å². The summed E-state index contributed by atoms with van der Waals surface area (Å²) < 4.78 is 5.35. The number of carbonyl (C=O) groups excluding carboxylic acids is 2. The molecule has 0 bridgehead atoms. The van der Waals surface area contributed by atoms with E-state index in [4.69, 9.17) is 4.74 Å². The van der Waals surface area contributed by atoms with Crippen LogP contribution in [0.3, 0.4) is 0 Å². The highest BCUT2D eigenvalue weighted by Crippen LogP contribution is 2.44. The molecular formula is C22H27N3O3S. The van der Waals surface area contributed by atoms with Crippen LogP contribution < -0.4 is 5.32 Å². The van der Waals surface area contributed by atoms with Gasteiger partial charge in [-0.1, -0.05) is 41.6 Å². The first kappa shape index (κ1) is 21.2. The number of aryl methyl sites for hydroxylation is 1. The first-order valence-electron chi connectivity index (χ1n) is 9.79. The molecule has 6 nitrogen and oxygen atoms in total. The van der Waals surface area contributed by atoms with E-state index >= 15 is 0 Å². The lowest BCUT2D eigenvalue weighted by Crippen LogP contribution is -2.38. The predicted molar refractivity (Wildman–Crippen MR) is 116 cm³/mol. The third kappa shape index (κ3) is 4.56. The second-order valence-electron chi connectivity index (χ2n) is 7.43. The summed E-state index contributed by atoms with van der Waals surface area (Å²) in [5.41, 5.74) is 4.06. The summed E-state index contributed by atoms with van der Waals surface area (Å²) in [5, 5.41) is 5.65. The van der Waals surface area contributed by atoms with Crippen LogP contribution in [0, 0.1) is 6.92 Å². The summed E-state index contributed by atoms with van der Waals surface area (Å²) in [6, 6.07) is 7.75. The van der Waals surface area contributed by atoms with Gasteiger partial charge in [-0.05, 0) is 45.6 Å². The Morgan fingerprint density at radius 1 is 1.31 bits per heavy atom. The second kappa shape index (κ2) is 8.86. The Hall–Kier alpha value is -2.54. The van der Waals surface area contributed by atoms with Gasteiger partial charge in [0.25, 0.3) is 0 Å². The van der Waals surface area contributed by atoms with Crippen molar-refractivity contribution in [2.75, 3.05) is 6.61 Å². The van der Waals surface area contributed by atoms with Gasteiger partial charge in [-0.15, -0.1) is 0 Å². The van der Waals surface area contributed by atoms with Crippen LogP contribution in [-0.2, 0) is 14.3 Å². The van der Waals surface area contributed by atoms with Gasteiger partial charge in [-0.25, -0.2) is 9.79 Å². The number of fused-ring (bicyclic) bond motifs is 1. The van der Waals surface area contributed by atoms with E-state index in [1.165, 1.54) is 11.8 Å². The van der Waals surface area contributed by atoms with Crippen molar-refractivity contribution in [3.63, 3.8) is 0 Å². The summed E-state index contributed by atoms with van der Waals surface area (Å²) in [5.74, 6) is -0.428. The molecule has 1 atom stereocenters. The number of thioether (sulfide) groups is 1. The highest BCUT2D eigenvalue weighted by molar-refractivity contribution is 8.16. The Morgan fingerprint density at radius 2 is 2.07 bits per heavy atom. The van der Waals surface area contributed by atoms with E-state index in [2.05, 4.69) is 16.4 Å². The molecule has 1 aromatic rings. The Bertz CT molecular complexity index is 918. The second-order valence-corrected chi connectivity index (χ2v) is 8.26. The Morgan fingerprint density at radius 3 is 2.72 bits per heavy atom. The number of amidine groups is 1. The van der Waals surface area contributed by atoms with E-state index in [9.17, 15) is 9.59 Å². The number of allylic oxidation sites excluding steroid dienone is 1. The van der Waals surface area contributed by atoms with Crippen LogP contribution in [0.1, 0.15) is 51.3 Å². The smallest absolute Gasteiger partial charge is 0.338 e. The Labute approximate surface area is 176 Å². The number of rotatable bonds is 6. The van der Waals surface area contributed by atoms with Crippen LogP contribution in [0.2, 0.25) is 0 Å². The van der Waals surface area contributed by atoms with Crippen LogP contribution in [-0.4, -0.2) is 34.6 Å². The van der Waals surface area contributed by atoms with Gasteiger partial charge >= 0.3 is 5.97 Å². The quantitative estimate of drug-likeness (QED) is 0.713. The fourth-order valence-electron chi connectivity index (χ4n) is 3.53. The lowest BCUT2D eigenvalue weighted by atomic mass is 9.93. The average molecular weight is 414 g/mol. The zero-order valence-corrected chi connectivity index (χ0v) is 18.3. The third-order valence-corrected chi connectivity index (χ3v) is 5.53. The van der Waals surface area contributed by atoms with Crippen molar-refractivity contribution in [1.82, 2.24) is 10.2 Å². The van der Waals surface area contributed by atoms with Gasteiger partial charge in [0.15, 0.2) is 5.17 Å². The fraction of sp³-hybridized carbons (Fsp3) is 0.409. The lowest BCUT2D eigenvalue weighted by molar-refractivity contribution is -0.139. The molecule has 0 fully saturated rings. The van der Waals surface area contributed by atoms with Crippen molar-refractivity contribution in [2.45, 2.75) is 53.1 Å². The number of amides is 1. The Kier molecular flexibility index (Phi) is 6.47. The van der Waals surface area contributed by atoms with E-state index in [0.717, 1.165) is 22.0 Å². The standard InChI is InChI=1S/C22H27N3O3S/c1-6-28-21(27)19-15(5)24-22-25(20(19)16-9-7-8-14(4)10-16)17(12-29-22)11-18(26)23-13(2)3/h7-10,12-13,20H,6,11H2,1-5H3,(H,23,26). The van der Waals surface area contributed by atoms with Crippen molar-refractivity contribution in [3.8, 4) is 0 Å². The van der Waals surface area contributed by atoms with Crippen LogP contribution in [0.15, 0.2) is 51.6 Å². The zero-order valence-electron chi connectivity index (χ0n) is 17.5. The molecule has 0 spiro atoms.